The number of rotatable bonds is 2. The number of aromatic carboxylic acids is 1. The Hall–Kier alpha value is -1.32. The summed E-state index contributed by atoms with van der Waals surface area (Å²) in [5, 5.41) is 8.96. The van der Waals surface area contributed by atoms with E-state index in [4.69, 9.17) is 9.52 Å². The maximum Gasteiger partial charge on any atom is 0.358 e. The van der Waals surface area contributed by atoms with Gasteiger partial charge in [-0.15, -0.1) is 0 Å². The SMILES string of the molecule is Cc1oc(C2CCCCCCC2)nc1C(=O)O. The van der Waals surface area contributed by atoms with E-state index in [0.29, 0.717) is 17.6 Å². The Morgan fingerprint density at radius 1 is 1.24 bits per heavy atom. The highest BCUT2D eigenvalue weighted by Crippen LogP contribution is 2.31. The molecular weight excluding hydrogens is 218 g/mol. The van der Waals surface area contributed by atoms with Gasteiger partial charge in [0.2, 0.25) is 0 Å². The second kappa shape index (κ2) is 5.34. The fourth-order valence-electron chi connectivity index (χ4n) is 2.49. The van der Waals surface area contributed by atoms with Crippen molar-refractivity contribution in [1.29, 1.82) is 0 Å². The molecule has 17 heavy (non-hydrogen) atoms. The predicted molar refractivity (Wildman–Crippen MR) is 63.3 cm³/mol. The topological polar surface area (TPSA) is 63.3 Å². The lowest BCUT2D eigenvalue weighted by Gasteiger charge is -2.16. The van der Waals surface area contributed by atoms with E-state index in [1.54, 1.807) is 6.92 Å². The average Bonchev–Trinajstić information content (AvgIpc) is 2.59. The molecule has 1 aliphatic carbocycles. The van der Waals surface area contributed by atoms with Crippen molar-refractivity contribution in [1.82, 2.24) is 4.98 Å². The van der Waals surface area contributed by atoms with Gasteiger partial charge >= 0.3 is 5.97 Å². The van der Waals surface area contributed by atoms with Crippen LogP contribution in [-0.2, 0) is 0 Å². The molecule has 1 N–H and O–H groups in total. The minimum atomic E-state index is -0.997. The zero-order chi connectivity index (χ0) is 12.3. The molecule has 4 nitrogen and oxygen atoms in total. The third kappa shape index (κ3) is 2.87. The zero-order valence-corrected chi connectivity index (χ0v) is 10.2. The van der Waals surface area contributed by atoms with Crippen LogP contribution >= 0.6 is 0 Å². The Balaban J connectivity index is 2.14. The van der Waals surface area contributed by atoms with E-state index < -0.39 is 5.97 Å². The molecule has 0 bridgehead atoms. The molecule has 1 saturated carbocycles. The quantitative estimate of drug-likeness (QED) is 0.854. The molecular formula is C13H19NO3. The number of aryl methyl sites for hydroxylation is 1. The van der Waals surface area contributed by atoms with Gasteiger partial charge < -0.3 is 9.52 Å². The first kappa shape index (κ1) is 12.1. The van der Waals surface area contributed by atoms with Crippen LogP contribution in [0.1, 0.15) is 73.0 Å². The van der Waals surface area contributed by atoms with Gasteiger partial charge in [-0.3, -0.25) is 0 Å². The standard InChI is InChI=1S/C13H19NO3/c1-9-11(13(15)16)14-12(17-9)10-7-5-3-2-4-6-8-10/h10H,2-8H2,1H3,(H,15,16). The normalized spacial score (nSPS) is 18.6. The molecule has 0 saturated heterocycles. The molecule has 0 unspecified atom stereocenters. The molecule has 1 aromatic rings. The van der Waals surface area contributed by atoms with E-state index in [1.807, 2.05) is 0 Å². The molecule has 0 aliphatic heterocycles. The van der Waals surface area contributed by atoms with Crippen LogP contribution in [0.15, 0.2) is 4.42 Å². The van der Waals surface area contributed by atoms with Gasteiger partial charge in [0.25, 0.3) is 0 Å². The van der Waals surface area contributed by atoms with Gasteiger partial charge in [-0.2, -0.15) is 0 Å². The molecule has 4 heteroatoms. The Labute approximate surface area is 101 Å². The molecule has 0 atom stereocenters. The van der Waals surface area contributed by atoms with Crippen LogP contribution in [0.4, 0.5) is 0 Å². The number of aromatic nitrogens is 1. The summed E-state index contributed by atoms with van der Waals surface area (Å²) in [6.07, 6.45) is 8.36. The predicted octanol–water partition coefficient (Wildman–Crippen LogP) is 3.51. The molecule has 0 spiro atoms. The van der Waals surface area contributed by atoms with Crippen molar-refractivity contribution in [3.8, 4) is 0 Å². The van der Waals surface area contributed by atoms with Crippen LogP contribution in [0.5, 0.6) is 0 Å². The van der Waals surface area contributed by atoms with Crippen LogP contribution in [-0.4, -0.2) is 16.1 Å². The van der Waals surface area contributed by atoms with Gasteiger partial charge in [0.1, 0.15) is 5.76 Å². The van der Waals surface area contributed by atoms with Gasteiger partial charge in [0.05, 0.1) is 0 Å². The minimum absolute atomic E-state index is 0.0714. The molecule has 1 aromatic heterocycles. The highest BCUT2D eigenvalue weighted by Gasteiger charge is 2.22. The van der Waals surface area contributed by atoms with Crippen molar-refractivity contribution < 1.29 is 14.3 Å². The molecule has 0 aromatic carbocycles. The Morgan fingerprint density at radius 3 is 2.35 bits per heavy atom. The van der Waals surface area contributed by atoms with Crippen LogP contribution in [0.3, 0.4) is 0 Å². The maximum atomic E-state index is 10.9. The van der Waals surface area contributed by atoms with Crippen molar-refractivity contribution in [2.24, 2.45) is 0 Å². The average molecular weight is 237 g/mol. The Kier molecular flexibility index (Phi) is 3.82. The summed E-state index contributed by atoms with van der Waals surface area (Å²) >= 11 is 0. The molecule has 1 fully saturated rings. The fourth-order valence-corrected chi connectivity index (χ4v) is 2.49. The summed E-state index contributed by atoms with van der Waals surface area (Å²) < 4.78 is 5.52. The van der Waals surface area contributed by atoms with Crippen LogP contribution in [0.2, 0.25) is 0 Å². The van der Waals surface area contributed by atoms with E-state index in [2.05, 4.69) is 4.98 Å². The first-order valence-corrected chi connectivity index (χ1v) is 6.39. The van der Waals surface area contributed by atoms with Crippen LogP contribution < -0.4 is 0 Å². The lowest BCUT2D eigenvalue weighted by Crippen LogP contribution is -2.04. The van der Waals surface area contributed by atoms with Gasteiger partial charge in [-0.1, -0.05) is 32.1 Å². The van der Waals surface area contributed by atoms with E-state index in [-0.39, 0.29) is 5.69 Å². The lowest BCUT2D eigenvalue weighted by molar-refractivity contribution is 0.0689. The van der Waals surface area contributed by atoms with Crippen LogP contribution in [0, 0.1) is 6.92 Å². The van der Waals surface area contributed by atoms with Crippen molar-refractivity contribution >= 4 is 5.97 Å². The molecule has 0 amide bonds. The number of hydrogen-bond acceptors (Lipinski definition) is 3. The Morgan fingerprint density at radius 2 is 1.82 bits per heavy atom. The second-order valence-corrected chi connectivity index (χ2v) is 4.80. The molecule has 0 radical (unpaired) electrons. The van der Waals surface area contributed by atoms with E-state index in [9.17, 15) is 4.79 Å². The summed E-state index contributed by atoms with van der Waals surface area (Å²) in [7, 11) is 0. The van der Waals surface area contributed by atoms with Crippen molar-refractivity contribution in [2.75, 3.05) is 0 Å². The third-order valence-electron chi connectivity index (χ3n) is 3.47. The number of nitrogens with zero attached hydrogens (tertiary/aromatic N) is 1. The summed E-state index contributed by atoms with van der Waals surface area (Å²) in [5.41, 5.74) is 0.0714. The third-order valence-corrected chi connectivity index (χ3v) is 3.47. The van der Waals surface area contributed by atoms with E-state index in [0.717, 1.165) is 12.8 Å². The number of oxazole rings is 1. The molecule has 2 rings (SSSR count). The number of carbonyl (C=O) groups is 1. The summed E-state index contributed by atoms with van der Waals surface area (Å²) in [6, 6.07) is 0. The van der Waals surface area contributed by atoms with E-state index >= 15 is 0 Å². The maximum absolute atomic E-state index is 10.9. The highest BCUT2D eigenvalue weighted by molar-refractivity contribution is 5.86. The first-order valence-electron chi connectivity index (χ1n) is 6.39. The van der Waals surface area contributed by atoms with Gasteiger partial charge in [0, 0.05) is 5.92 Å². The largest absolute Gasteiger partial charge is 0.476 e. The summed E-state index contributed by atoms with van der Waals surface area (Å²) in [6.45, 7) is 1.67. The van der Waals surface area contributed by atoms with Crippen molar-refractivity contribution in [3.63, 3.8) is 0 Å². The Bertz CT molecular complexity index is 389. The van der Waals surface area contributed by atoms with E-state index in [1.165, 1.54) is 32.1 Å². The number of carboxylic acids is 1. The van der Waals surface area contributed by atoms with Crippen molar-refractivity contribution in [2.45, 2.75) is 57.8 Å². The zero-order valence-electron chi connectivity index (χ0n) is 10.2. The second-order valence-electron chi connectivity index (χ2n) is 4.80. The number of carboxylic acid groups (broad SMARTS) is 1. The smallest absolute Gasteiger partial charge is 0.358 e. The van der Waals surface area contributed by atoms with Gasteiger partial charge in [-0.05, 0) is 19.8 Å². The first-order chi connectivity index (χ1) is 8.18. The monoisotopic (exact) mass is 237 g/mol. The van der Waals surface area contributed by atoms with Crippen LogP contribution in [0.25, 0.3) is 0 Å². The number of hydrogen-bond donors (Lipinski definition) is 1. The van der Waals surface area contributed by atoms with Gasteiger partial charge in [0.15, 0.2) is 11.6 Å². The summed E-state index contributed by atoms with van der Waals surface area (Å²) in [4.78, 5) is 15.1. The van der Waals surface area contributed by atoms with Gasteiger partial charge in [-0.25, -0.2) is 9.78 Å². The summed E-state index contributed by atoms with van der Waals surface area (Å²) in [5.74, 6) is 0.363. The lowest BCUT2D eigenvalue weighted by atomic mass is 9.91. The van der Waals surface area contributed by atoms with Crippen molar-refractivity contribution in [3.05, 3.63) is 17.3 Å². The highest BCUT2D eigenvalue weighted by atomic mass is 16.4. The minimum Gasteiger partial charge on any atom is -0.476 e. The molecule has 94 valence electrons. The molecule has 1 aliphatic rings. The molecule has 1 heterocycles. The fraction of sp³-hybridized carbons (Fsp3) is 0.692.